The standard InChI is InChI=1S/C22H22F2O3/c1-14-11-15(5-10-21(25)26)12-20(24)22(14)27-13-17-3-2-4-19(17)16-6-8-18(23)9-7-16/h6-9,11-12H,2-5,10,13H2,1H3,(H,25,26). The summed E-state index contributed by atoms with van der Waals surface area (Å²) in [6, 6.07) is 9.52. The van der Waals surface area contributed by atoms with Crippen LogP contribution in [0.1, 0.15) is 42.4 Å². The summed E-state index contributed by atoms with van der Waals surface area (Å²) in [4.78, 5) is 10.7. The number of aliphatic carboxylic acids is 1. The van der Waals surface area contributed by atoms with Gasteiger partial charge >= 0.3 is 5.97 Å². The minimum absolute atomic E-state index is 0.0347. The van der Waals surface area contributed by atoms with Crippen LogP contribution in [0.15, 0.2) is 42.0 Å². The summed E-state index contributed by atoms with van der Waals surface area (Å²) in [6.07, 6.45) is 3.03. The zero-order valence-corrected chi connectivity index (χ0v) is 15.2. The van der Waals surface area contributed by atoms with E-state index in [4.69, 9.17) is 9.84 Å². The zero-order chi connectivity index (χ0) is 19.4. The fraction of sp³-hybridized carbons (Fsp3) is 0.318. The molecule has 0 saturated carbocycles. The molecule has 0 aliphatic heterocycles. The SMILES string of the molecule is Cc1cc(CCC(=O)O)cc(F)c1OCC1=C(c2ccc(F)cc2)CCC1. The van der Waals surface area contributed by atoms with Gasteiger partial charge in [0.2, 0.25) is 0 Å². The number of carbonyl (C=O) groups is 1. The summed E-state index contributed by atoms with van der Waals surface area (Å²) in [5.41, 5.74) is 4.53. The van der Waals surface area contributed by atoms with E-state index < -0.39 is 11.8 Å². The van der Waals surface area contributed by atoms with Crippen molar-refractivity contribution in [2.24, 2.45) is 0 Å². The number of hydrogen-bond donors (Lipinski definition) is 1. The van der Waals surface area contributed by atoms with Crippen LogP contribution in [-0.4, -0.2) is 17.7 Å². The van der Waals surface area contributed by atoms with Crippen LogP contribution < -0.4 is 4.74 Å². The first kappa shape index (κ1) is 19.1. The molecule has 0 heterocycles. The highest BCUT2D eigenvalue weighted by molar-refractivity contribution is 5.70. The van der Waals surface area contributed by atoms with Crippen molar-refractivity contribution < 1.29 is 23.4 Å². The number of allylic oxidation sites excluding steroid dienone is 1. The fourth-order valence-corrected chi connectivity index (χ4v) is 3.50. The lowest BCUT2D eigenvalue weighted by atomic mass is 10.0. The van der Waals surface area contributed by atoms with Crippen LogP contribution in [0.4, 0.5) is 8.78 Å². The number of ether oxygens (including phenoxy) is 1. The highest BCUT2D eigenvalue weighted by Crippen LogP contribution is 2.35. The highest BCUT2D eigenvalue weighted by atomic mass is 19.1. The van der Waals surface area contributed by atoms with Gasteiger partial charge in [-0.05, 0) is 78.6 Å². The Kier molecular flexibility index (Phi) is 5.89. The number of hydrogen-bond acceptors (Lipinski definition) is 2. The van der Waals surface area contributed by atoms with Crippen molar-refractivity contribution in [2.75, 3.05) is 6.61 Å². The molecule has 0 spiro atoms. The van der Waals surface area contributed by atoms with Gasteiger partial charge in [-0.2, -0.15) is 0 Å². The molecule has 3 rings (SSSR count). The third kappa shape index (κ3) is 4.73. The van der Waals surface area contributed by atoms with Gasteiger partial charge in [0.05, 0.1) is 0 Å². The van der Waals surface area contributed by atoms with Gasteiger partial charge in [0.25, 0.3) is 0 Å². The lowest BCUT2D eigenvalue weighted by molar-refractivity contribution is -0.136. The lowest BCUT2D eigenvalue weighted by Gasteiger charge is -2.14. The van der Waals surface area contributed by atoms with Crippen molar-refractivity contribution >= 4 is 11.5 Å². The fourth-order valence-electron chi connectivity index (χ4n) is 3.50. The number of rotatable bonds is 7. The molecule has 0 aromatic heterocycles. The van der Waals surface area contributed by atoms with Crippen LogP contribution in [0, 0.1) is 18.6 Å². The molecule has 1 aliphatic carbocycles. The summed E-state index contributed by atoms with van der Waals surface area (Å²) < 4.78 is 33.4. The smallest absolute Gasteiger partial charge is 0.303 e. The van der Waals surface area contributed by atoms with Crippen LogP contribution in [0.2, 0.25) is 0 Å². The molecule has 1 aliphatic rings. The third-order valence-corrected chi connectivity index (χ3v) is 4.83. The normalized spacial score (nSPS) is 13.9. The molecule has 0 amide bonds. The van der Waals surface area contributed by atoms with Crippen LogP contribution in [-0.2, 0) is 11.2 Å². The molecule has 2 aromatic rings. The van der Waals surface area contributed by atoms with E-state index >= 15 is 0 Å². The highest BCUT2D eigenvalue weighted by Gasteiger charge is 2.18. The van der Waals surface area contributed by atoms with Crippen molar-refractivity contribution in [2.45, 2.75) is 39.0 Å². The van der Waals surface area contributed by atoms with Crippen molar-refractivity contribution in [3.05, 3.63) is 70.3 Å². The summed E-state index contributed by atoms with van der Waals surface area (Å²) in [6.45, 7) is 2.05. The average Bonchev–Trinajstić information content (AvgIpc) is 3.08. The number of aryl methyl sites for hydroxylation is 2. The molecule has 0 fully saturated rings. The molecule has 0 saturated heterocycles. The minimum atomic E-state index is -0.908. The molecular formula is C22H22F2O3. The Hall–Kier alpha value is -2.69. The molecule has 1 N–H and O–H groups in total. The zero-order valence-electron chi connectivity index (χ0n) is 15.2. The van der Waals surface area contributed by atoms with Gasteiger partial charge in [-0.3, -0.25) is 4.79 Å². The topological polar surface area (TPSA) is 46.5 Å². The number of halogens is 2. The molecule has 0 atom stereocenters. The molecule has 2 aromatic carbocycles. The average molecular weight is 372 g/mol. The third-order valence-electron chi connectivity index (χ3n) is 4.83. The van der Waals surface area contributed by atoms with E-state index in [0.29, 0.717) is 17.7 Å². The second kappa shape index (κ2) is 8.33. The Balaban J connectivity index is 1.74. The van der Waals surface area contributed by atoms with Gasteiger partial charge in [0.1, 0.15) is 12.4 Å². The maximum absolute atomic E-state index is 14.4. The second-order valence-corrected chi connectivity index (χ2v) is 6.85. The van der Waals surface area contributed by atoms with Crippen LogP contribution in [0.25, 0.3) is 5.57 Å². The first-order valence-corrected chi connectivity index (χ1v) is 9.04. The van der Waals surface area contributed by atoms with Gasteiger partial charge in [0.15, 0.2) is 11.6 Å². The molecular weight excluding hydrogens is 350 g/mol. The summed E-state index contributed by atoms with van der Waals surface area (Å²) in [5.74, 6) is -1.45. The summed E-state index contributed by atoms with van der Waals surface area (Å²) >= 11 is 0. The number of benzene rings is 2. The van der Waals surface area contributed by atoms with Crippen molar-refractivity contribution in [3.8, 4) is 5.75 Å². The quantitative estimate of drug-likeness (QED) is 0.717. The van der Waals surface area contributed by atoms with E-state index in [1.54, 1.807) is 25.1 Å². The van der Waals surface area contributed by atoms with E-state index in [9.17, 15) is 13.6 Å². The van der Waals surface area contributed by atoms with Gasteiger partial charge < -0.3 is 9.84 Å². The predicted molar refractivity (Wildman–Crippen MR) is 99.8 cm³/mol. The number of carboxylic acid groups (broad SMARTS) is 1. The Morgan fingerprint density at radius 3 is 2.56 bits per heavy atom. The first-order valence-electron chi connectivity index (χ1n) is 9.04. The summed E-state index contributed by atoms with van der Waals surface area (Å²) in [5, 5.41) is 8.76. The van der Waals surface area contributed by atoms with E-state index in [1.807, 2.05) is 0 Å². The van der Waals surface area contributed by atoms with Gasteiger partial charge in [-0.15, -0.1) is 0 Å². The van der Waals surface area contributed by atoms with E-state index in [2.05, 4.69) is 0 Å². The Morgan fingerprint density at radius 1 is 1.15 bits per heavy atom. The molecule has 0 radical (unpaired) electrons. The molecule has 5 heteroatoms. The maximum Gasteiger partial charge on any atom is 0.303 e. The van der Waals surface area contributed by atoms with Gasteiger partial charge in [0, 0.05) is 6.42 Å². The van der Waals surface area contributed by atoms with Crippen LogP contribution >= 0.6 is 0 Å². The maximum atomic E-state index is 14.4. The largest absolute Gasteiger partial charge is 0.486 e. The van der Waals surface area contributed by atoms with E-state index in [-0.39, 0.29) is 24.4 Å². The van der Waals surface area contributed by atoms with Crippen molar-refractivity contribution in [3.63, 3.8) is 0 Å². The molecule has 0 unspecified atom stereocenters. The Bertz CT molecular complexity index is 847. The van der Waals surface area contributed by atoms with Crippen LogP contribution in [0.5, 0.6) is 5.75 Å². The minimum Gasteiger partial charge on any atom is -0.486 e. The molecule has 142 valence electrons. The Labute approximate surface area is 157 Å². The lowest BCUT2D eigenvalue weighted by Crippen LogP contribution is -2.05. The molecule has 3 nitrogen and oxygen atoms in total. The predicted octanol–water partition coefficient (Wildman–Crippen LogP) is 5.31. The van der Waals surface area contributed by atoms with Crippen molar-refractivity contribution in [1.29, 1.82) is 0 Å². The summed E-state index contributed by atoms with van der Waals surface area (Å²) in [7, 11) is 0. The van der Waals surface area contributed by atoms with Crippen LogP contribution in [0.3, 0.4) is 0 Å². The van der Waals surface area contributed by atoms with E-state index in [0.717, 1.165) is 36.0 Å². The monoisotopic (exact) mass is 372 g/mol. The molecule has 27 heavy (non-hydrogen) atoms. The van der Waals surface area contributed by atoms with Gasteiger partial charge in [-0.1, -0.05) is 18.2 Å². The second-order valence-electron chi connectivity index (χ2n) is 6.85. The first-order chi connectivity index (χ1) is 12.9. The van der Waals surface area contributed by atoms with E-state index in [1.165, 1.54) is 18.2 Å². The van der Waals surface area contributed by atoms with Gasteiger partial charge in [-0.25, -0.2) is 8.78 Å². The Morgan fingerprint density at radius 2 is 1.89 bits per heavy atom. The number of carboxylic acids is 1. The van der Waals surface area contributed by atoms with Crippen molar-refractivity contribution in [1.82, 2.24) is 0 Å². The molecule has 0 bridgehead atoms.